The highest BCUT2D eigenvalue weighted by molar-refractivity contribution is 5.86. The highest BCUT2D eigenvalue weighted by Gasteiger charge is 2.54. The van der Waals surface area contributed by atoms with Gasteiger partial charge in [0.25, 0.3) is 0 Å². The average molecular weight is 256 g/mol. The molecule has 102 valence electrons. The molecule has 2 atom stereocenters. The summed E-state index contributed by atoms with van der Waals surface area (Å²) in [5, 5.41) is 2.26. The van der Waals surface area contributed by atoms with E-state index in [1.54, 1.807) is 13.8 Å². The number of alkyl halides is 3. The van der Waals surface area contributed by atoms with Crippen molar-refractivity contribution in [3.63, 3.8) is 0 Å². The first-order valence-corrected chi connectivity index (χ1v) is 5.19. The molecular weight excluding hydrogens is 237 g/mol. The van der Waals surface area contributed by atoms with Crippen molar-refractivity contribution in [2.45, 2.75) is 38.5 Å². The molecular formula is C10H19F3N2O2. The molecule has 4 nitrogen and oxygen atoms in total. The number of hydrogen-bond acceptors (Lipinski definition) is 3. The molecule has 7 heteroatoms. The van der Waals surface area contributed by atoms with E-state index in [4.69, 9.17) is 10.5 Å². The lowest BCUT2D eigenvalue weighted by atomic mass is 9.99. The van der Waals surface area contributed by atoms with E-state index in [2.05, 4.69) is 5.32 Å². The van der Waals surface area contributed by atoms with Gasteiger partial charge >= 0.3 is 6.18 Å². The molecule has 0 rings (SSSR count). The standard InChI is InChI=1S/C10H19F3N2O2/c1-6(2)7(5-17-4)15-8(16)9(3,14)10(11,12)13/h6-7H,5,14H2,1-4H3,(H,15,16). The van der Waals surface area contributed by atoms with Gasteiger partial charge in [0.15, 0.2) is 5.54 Å². The molecule has 0 saturated carbocycles. The Morgan fingerprint density at radius 3 is 2.18 bits per heavy atom. The van der Waals surface area contributed by atoms with Gasteiger partial charge in [-0.3, -0.25) is 4.79 Å². The van der Waals surface area contributed by atoms with E-state index in [-0.39, 0.29) is 12.5 Å². The number of rotatable bonds is 5. The molecule has 0 aromatic heterocycles. The van der Waals surface area contributed by atoms with Crippen molar-refractivity contribution < 1.29 is 22.7 Å². The smallest absolute Gasteiger partial charge is 0.383 e. The Labute approximate surface area is 98.7 Å². The van der Waals surface area contributed by atoms with Crippen LogP contribution >= 0.6 is 0 Å². The third-order valence-electron chi connectivity index (χ3n) is 2.53. The third-order valence-corrected chi connectivity index (χ3v) is 2.53. The molecule has 1 amide bonds. The quantitative estimate of drug-likeness (QED) is 0.773. The van der Waals surface area contributed by atoms with Crippen molar-refractivity contribution in [3.05, 3.63) is 0 Å². The number of hydrogen-bond donors (Lipinski definition) is 2. The Hall–Kier alpha value is -0.820. The van der Waals surface area contributed by atoms with Gasteiger partial charge in [-0.25, -0.2) is 0 Å². The summed E-state index contributed by atoms with van der Waals surface area (Å²) < 4.78 is 42.3. The van der Waals surface area contributed by atoms with Gasteiger partial charge in [-0.15, -0.1) is 0 Å². The van der Waals surface area contributed by atoms with Crippen molar-refractivity contribution in [2.75, 3.05) is 13.7 Å². The summed E-state index contributed by atoms with van der Waals surface area (Å²) >= 11 is 0. The third kappa shape index (κ3) is 4.16. The van der Waals surface area contributed by atoms with Crippen molar-refractivity contribution in [1.82, 2.24) is 5.32 Å². The second kappa shape index (κ2) is 5.68. The van der Waals surface area contributed by atoms with Gasteiger partial charge in [0.05, 0.1) is 12.6 Å². The molecule has 0 aliphatic heterocycles. The second-order valence-corrected chi connectivity index (χ2v) is 4.48. The van der Waals surface area contributed by atoms with Crippen LogP contribution in [-0.2, 0) is 9.53 Å². The first-order valence-electron chi connectivity index (χ1n) is 5.19. The van der Waals surface area contributed by atoms with E-state index >= 15 is 0 Å². The molecule has 3 N–H and O–H groups in total. The largest absolute Gasteiger partial charge is 0.415 e. The zero-order chi connectivity index (χ0) is 13.9. The van der Waals surface area contributed by atoms with Crippen molar-refractivity contribution in [3.8, 4) is 0 Å². The Balaban J connectivity index is 4.72. The first kappa shape index (κ1) is 16.2. The highest BCUT2D eigenvalue weighted by Crippen LogP contribution is 2.28. The van der Waals surface area contributed by atoms with Crippen LogP contribution in [0, 0.1) is 5.92 Å². The fourth-order valence-corrected chi connectivity index (χ4v) is 1.03. The highest BCUT2D eigenvalue weighted by atomic mass is 19.4. The van der Waals surface area contributed by atoms with Gasteiger partial charge in [-0.2, -0.15) is 13.2 Å². The number of carbonyl (C=O) groups excluding carboxylic acids is 1. The minimum absolute atomic E-state index is 0.0528. The number of nitrogens with one attached hydrogen (secondary N) is 1. The van der Waals surface area contributed by atoms with E-state index in [1.165, 1.54) is 7.11 Å². The van der Waals surface area contributed by atoms with Crippen molar-refractivity contribution in [1.29, 1.82) is 0 Å². The maximum atomic E-state index is 12.5. The molecule has 0 aliphatic rings. The Morgan fingerprint density at radius 1 is 1.41 bits per heavy atom. The van der Waals surface area contributed by atoms with E-state index in [1.807, 2.05) is 0 Å². The van der Waals surface area contributed by atoms with Crippen LogP contribution in [0.1, 0.15) is 20.8 Å². The molecule has 0 bridgehead atoms. The van der Waals surface area contributed by atoms with Crippen LogP contribution in [0.4, 0.5) is 13.2 Å². The molecule has 0 fully saturated rings. The maximum Gasteiger partial charge on any atom is 0.415 e. The minimum atomic E-state index is -4.79. The lowest BCUT2D eigenvalue weighted by Crippen LogP contribution is -2.63. The number of methoxy groups -OCH3 is 1. The Kier molecular flexibility index (Phi) is 5.41. The van der Waals surface area contributed by atoms with Crippen LogP contribution in [0.15, 0.2) is 0 Å². The van der Waals surface area contributed by atoms with Gasteiger partial charge in [-0.05, 0) is 12.8 Å². The van der Waals surface area contributed by atoms with Crippen LogP contribution < -0.4 is 11.1 Å². The number of amides is 1. The maximum absolute atomic E-state index is 12.5. The lowest BCUT2D eigenvalue weighted by molar-refractivity contribution is -0.188. The van der Waals surface area contributed by atoms with Gasteiger partial charge in [0, 0.05) is 7.11 Å². The Morgan fingerprint density at radius 2 is 1.88 bits per heavy atom. The normalized spacial score (nSPS) is 17.7. The summed E-state index contributed by atoms with van der Waals surface area (Å²) in [6.45, 7) is 4.32. The van der Waals surface area contributed by atoms with Crippen molar-refractivity contribution >= 4 is 5.91 Å². The summed E-state index contributed by atoms with van der Waals surface area (Å²) in [4.78, 5) is 11.5. The minimum Gasteiger partial charge on any atom is -0.383 e. The summed E-state index contributed by atoms with van der Waals surface area (Å²) in [5.41, 5.74) is 2.11. The van der Waals surface area contributed by atoms with Gasteiger partial charge in [0.2, 0.25) is 5.91 Å². The zero-order valence-corrected chi connectivity index (χ0v) is 10.4. The lowest BCUT2D eigenvalue weighted by Gasteiger charge is -2.30. The SMILES string of the molecule is COCC(NC(=O)C(C)(N)C(F)(F)F)C(C)C. The molecule has 0 aromatic rings. The van der Waals surface area contributed by atoms with Gasteiger partial charge in [0.1, 0.15) is 0 Å². The average Bonchev–Trinajstić information content (AvgIpc) is 2.14. The molecule has 0 heterocycles. The van der Waals surface area contributed by atoms with Gasteiger partial charge in [-0.1, -0.05) is 13.8 Å². The van der Waals surface area contributed by atoms with Crippen LogP contribution in [0.2, 0.25) is 0 Å². The van der Waals surface area contributed by atoms with Crippen LogP contribution in [0.3, 0.4) is 0 Å². The van der Waals surface area contributed by atoms with Crippen LogP contribution in [-0.4, -0.2) is 37.4 Å². The number of ether oxygens (including phenoxy) is 1. The van der Waals surface area contributed by atoms with E-state index in [0.29, 0.717) is 6.92 Å². The number of nitrogens with two attached hydrogens (primary N) is 1. The summed E-state index contributed by atoms with van der Waals surface area (Å²) in [6.07, 6.45) is -4.79. The monoisotopic (exact) mass is 256 g/mol. The number of carbonyl (C=O) groups is 1. The number of halogens is 3. The fourth-order valence-electron chi connectivity index (χ4n) is 1.03. The van der Waals surface area contributed by atoms with Crippen LogP contribution in [0.25, 0.3) is 0 Å². The topological polar surface area (TPSA) is 64.3 Å². The zero-order valence-electron chi connectivity index (χ0n) is 10.4. The van der Waals surface area contributed by atoms with Gasteiger partial charge < -0.3 is 15.8 Å². The van der Waals surface area contributed by atoms with Crippen LogP contribution in [0.5, 0.6) is 0 Å². The molecule has 0 spiro atoms. The van der Waals surface area contributed by atoms with E-state index < -0.39 is 23.7 Å². The first-order chi connectivity index (χ1) is 7.54. The second-order valence-electron chi connectivity index (χ2n) is 4.48. The molecule has 0 aliphatic carbocycles. The van der Waals surface area contributed by atoms with E-state index in [0.717, 1.165) is 0 Å². The molecule has 2 unspecified atom stereocenters. The molecule has 0 saturated heterocycles. The predicted octanol–water partition coefficient (Wildman–Crippen LogP) is 1.05. The van der Waals surface area contributed by atoms with E-state index in [9.17, 15) is 18.0 Å². The molecule has 0 radical (unpaired) electrons. The summed E-state index contributed by atoms with van der Waals surface area (Å²) in [5.74, 6) is -1.30. The van der Waals surface area contributed by atoms with Crippen molar-refractivity contribution in [2.24, 2.45) is 11.7 Å². The Bertz CT molecular complexity index is 265. The molecule has 17 heavy (non-hydrogen) atoms. The molecule has 0 aromatic carbocycles. The summed E-state index contributed by atoms with van der Waals surface area (Å²) in [6, 6.07) is -0.502. The predicted molar refractivity (Wildman–Crippen MR) is 57.3 cm³/mol. The summed E-state index contributed by atoms with van der Waals surface area (Å²) in [7, 11) is 1.41. The fraction of sp³-hybridized carbons (Fsp3) is 0.900.